The van der Waals surface area contributed by atoms with Crippen LogP contribution in [0.5, 0.6) is 0 Å². The van der Waals surface area contributed by atoms with Crippen LogP contribution in [0.15, 0.2) is 6.07 Å². The molecule has 0 atom stereocenters. The van der Waals surface area contributed by atoms with E-state index in [-0.39, 0.29) is 0 Å². The lowest BCUT2D eigenvalue weighted by atomic mass is 9.85. The highest BCUT2D eigenvalue weighted by Gasteiger charge is 2.17. The van der Waals surface area contributed by atoms with Gasteiger partial charge in [-0.3, -0.25) is 0 Å². The summed E-state index contributed by atoms with van der Waals surface area (Å²) in [6.07, 6.45) is 6.00. The molecule has 1 aliphatic rings. The first kappa shape index (κ1) is 11.2. The van der Waals surface area contributed by atoms with Crippen molar-refractivity contribution < 1.29 is 0 Å². The van der Waals surface area contributed by atoms with E-state index in [2.05, 4.69) is 22.2 Å². The molecule has 0 amide bonds. The van der Waals surface area contributed by atoms with Crippen LogP contribution in [0.2, 0.25) is 0 Å². The summed E-state index contributed by atoms with van der Waals surface area (Å²) in [4.78, 5) is 8.66. The molecular weight excluding hydrogens is 200 g/mol. The molecular formula is C12H20N4. The Balaban J connectivity index is 1.95. The van der Waals surface area contributed by atoms with Gasteiger partial charge in [-0.1, -0.05) is 13.3 Å². The van der Waals surface area contributed by atoms with Crippen LogP contribution in [0.25, 0.3) is 0 Å². The number of nitrogens with two attached hydrogens (primary N) is 1. The average Bonchev–Trinajstić information content (AvgIpc) is 2.14. The summed E-state index contributed by atoms with van der Waals surface area (Å²) in [5.41, 5.74) is 5.75. The van der Waals surface area contributed by atoms with E-state index in [1.165, 1.54) is 19.3 Å². The molecule has 16 heavy (non-hydrogen) atoms. The third-order valence-electron chi connectivity index (χ3n) is 3.06. The van der Waals surface area contributed by atoms with Crippen LogP contribution in [0, 0.1) is 5.92 Å². The van der Waals surface area contributed by atoms with E-state index in [1.807, 2.05) is 6.07 Å². The second kappa shape index (κ2) is 5.14. The molecule has 0 radical (unpaired) electrons. The van der Waals surface area contributed by atoms with Gasteiger partial charge in [-0.15, -0.1) is 0 Å². The Bertz CT molecular complexity index is 347. The Labute approximate surface area is 96.7 Å². The predicted octanol–water partition coefficient (Wildman–Crippen LogP) is 2.22. The molecule has 0 bridgehead atoms. The van der Waals surface area contributed by atoms with E-state index in [0.29, 0.717) is 5.82 Å². The summed E-state index contributed by atoms with van der Waals surface area (Å²) in [6, 6.07) is 1.82. The molecule has 0 unspecified atom stereocenters. The van der Waals surface area contributed by atoms with Gasteiger partial charge >= 0.3 is 0 Å². The molecule has 4 heteroatoms. The maximum absolute atomic E-state index is 5.75. The van der Waals surface area contributed by atoms with Crippen LogP contribution in [-0.4, -0.2) is 16.5 Å². The number of aryl methyl sites for hydroxylation is 1. The fourth-order valence-electron chi connectivity index (χ4n) is 1.89. The normalized spacial score (nSPS) is 15.8. The van der Waals surface area contributed by atoms with E-state index >= 15 is 0 Å². The van der Waals surface area contributed by atoms with Gasteiger partial charge in [-0.25, -0.2) is 9.97 Å². The van der Waals surface area contributed by atoms with Crippen LogP contribution in [0.4, 0.5) is 11.6 Å². The number of aromatic nitrogens is 2. The molecule has 0 saturated heterocycles. The summed E-state index contributed by atoms with van der Waals surface area (Å²) in [5.74, 6) is 3.11. The van der Waals surface area contributed by atoms with Gasteiger partial charge in [0.2, 0.25) is 0 Å². The molecule has 4 nitrogen and oxygen atoms in total. The van der Waals surface area contributed by atoms with Gasteiger partial charge in [0.15, 0.2) is 0 Å². The standard InChI is InChI=1S/C12H20N4/c1-2-4-11-15-10(13)7-12(16-11)14-8-9-5-3-6-9/h7,9H,2-6,8H2,1H3,(H3,13,14,15,16). The maximum Gasteiger partial charge on any atom is 0.133 e. The first-order valence-corrected chi connectivity index (χ1v) is 6.15. The zero-order chi connectivity index (χ0) is 11.4. The molecule has 1 aromatic heterocycles. The van der Waals surface area contributed by atoms with Gasteiger partial charge in [-0.2, -0.15) is 0 Å². The summed E-state index contributed by atoms with van der Waals surface area (Å²) in [5, 5.41) is 3.36. The Morgan fingerprint density at radius 2 is 2.25 bits per heavy atom. The van der Waals surface area contributed by atoms with Crippen LogP contribution in [-0.2, 0) is 6.42 Å². The van der Waals surface area contributed by atoms with Crippen LogP contribution in [0.3, 0.4) is 0 Å². The second-order valence-electron chi connectivity index (χ2n) is 4.52. The van der Waals surface area contributed by atoms with Crippen molar-refractivity contribution in [2.45, 2.75) is 39.0 Å². The second-order valence-corrected chi connectivity index (χ2v) is 4.52. The average molecular weight is 220 g/mol. The maximum atomic E-state index is 5.75. The van der Waals surface area contributed by atoms with Gasteiger partial charge in [-0.05, 0) is 25.2 Å². The molecule has 0 aliphatic heterocycles. The lowest BCUT2D eigenvalue weighted by Crippen LogP contribution is -2.21. The molecule has 1 heterocycles. The van der Waals surface area contributed by atoms with Crippen molar-refractivity contribution in [1.82, 2.24) is 9.97 Å². The summed E-state index contributed by atoms with van der Waals surface area (Å²) >= 11 is 0. The van der Waals surface area contributed by atoms with E-state index in [9.17, 15) is 0 Å². The predicted molar refractivity (Wildman–Crippen MR) is 66.3 cm³/mol. The topological polar surface area (TPSA) is 63.8 Å². The summed E-state index contributed by atoms with van der Waals surface area (Å²) in [7, 11) is 0. The van der Waals surface area contributed by atoms with Crippen LogP contribution in [0.1, 0.15) is 38.4 Å². The fourth-order valence-corrected chi connectivity index (χ4v) is 1.89. The highest BCUT2D eigenvalue weighted by Crippen LogP contribution is 2.26. The molecule has 2 rings (SSSR count). The minimum absolute atomic E-state index is 0.564. The van der Waals surface area contributed by atoms with Crippen molar-refractivity contribution in [3.05, 3.63) is 11.9 Å². The number of rotatable bonds is 5. The molecule has 88 valence electrons. The van der Waals surface area contributed by atoms with Crippen LogP contribution >= 0.6 is 0 Å². The molecule has 1 aliphatic carbocycles. The number of hydrogen-bond donors (Lipinski definition) is 2. The van der Waals surface area contributed by atoms with E-state index < -0.39 is 0 Å². The molecule has 1 aromatic rings. The monoisotopic (exact) mass is 220 g/mol. The fraction of sp³-hybridized carbons (Fsp3) is 0.667. The van der Waals surface area contributed by atoms with Crippen molar-refractivity contribution in [2.24, 2.45) is 5.92 Å². The van der Waals surface area contributed by atoms with Gasteiger partial charge in [0, 0.05) is 19.0 Å². The SMILES string of the molecule is CCCc1nc(N)cc(NCC2CCC2)n1. The summed E-state index contributed by atoms with van der Waals surface area (Å²) in [6.45, 7) is 3.13. The minimum atomic E-state index is 0.564. The van der Waals surface area contributed by atoms with Gasteiger partial charge < -0.3 is 11.1 Å². The molecule has 0 spiro atoms. The molecule has 1 fully saturated rings. The van der Waals surface area contributed by atoms with Gasteiger partial charge in [0.05, 0.1) is 0 Å². The quantitative estimate of drug-likeness (QED) is 0.798. The number of anilines is 2. The number of nitrogens with one attached hydrogen (secondary N) is 1. The number of hydrogen-bond acceptors (Lipinski definition) is 4. The largest absolute Gasteiger partial charge is 0.384 e. The van der Waals surface area contributed by atoms with Crippen molar-refractivity contribution in [1.29, 1.82) is 0 Å². The first-order chi connectivity index (χ1) is 7.78. The summed E-state index contributed by atoms with van der Waals surface area (Å²) < 4.78 is 0. The van der Waals surface area contributed by atoms with E-state index in [0.717, 1.165) is 36.9 Å². The zero-order valence-corrected chi connectivity index (χ0v) is 9.87. The Kier molecular flexibility index (Phi) is 3.59. The van der Waals surface area contributed by atoms with Crippen LogP contribution < -0.4 is 11.1 Å². The van der Waals surface area contributed by atoms with E-state index in [1.54, 1.807) is 0 Å². The third kappa shape index (κ3) is 2.84. The zero-order valence-electron chi connectivity index (χ0n) is 9.87. The van der Waals surface area contributed by atoms with E-state index in [4.69, 9.17) is 5.73 Å². The lowest BCUT2D eigenvalue weighted by molar-refractivity contribution is 0.333. The number of nitrogens with zero attached hydrogens (tertiary/aromatic N) is 2. The van der Waals surface area contributed by atoms with Crippen molar-refractivity contribution >= 4 is 11.6 Å². The Morgan fingerprint density at radius 1 is 1.44 bits per heavy atom. The lowest BCUT2D eigenvalue weighted by Gasteiger charge is -2.25. The van der Waals surface area contributed by atoms with Crippen molar-refractivity contribution in [2.75, 3.05) is 17.6 Å². The molecule has 1 saturated carbocycles. The number of nitrogen functional groups attached to an aromatic ring is 1. The van der Waals surface area contributed by atoms with Crippen molar-refractivity contribution in [3.8, 4) is 0 Å². The first-order valence-electron chi connectivity index (χ1n) is 6.15. The minimum Gasteiger partial charge on any atom is -0.384 e. The molecule has 3 N–H and O–H groups in total. The smallest absolute Gasteiger partial charge is 0.133 e. The van der Waals surface area contributed by atoms with Gasteiger partial charge in [0.25, 0.3) is 0 Å². The molecule has 0 aromatic carbocycles. The Hall–Kier alpha value is -1.32. The highest BCUT2D eigenvalue weighted by atomic mass is 15.0. The highest BCUT2D eigenvalue weighted by molar-refractivity contribution is 5.44. The third-order valence-corrected chi connectivity index (χ3v) is 3.06. The van der Waals surface area contributed by atoms with Crippen molar-refractivity contribution in [3.63, 3.8) is 0 Å². The van der Waals surface area contributed by atoms with Gasteiger partial charge in [0.1, 0.15) is 17.5 Å². The Morgan fingerprint density at radius 3 is 2.88 bits per heavy atom.